The maximum Gasteiger partial charge on any atom is 0.126 e. The van der Waals surface area contributed by atoms with Crippen LogP contribution in [0.25, 0.3) is 0 Å². The molecular weight excluding hydrogens is 156 g/mol. The number of rotatable bonds is 4. The lowest BCUT2D eigenvalue weighted by Crippen LogP contribution is -2.47. The average molecular weight is 176 g/mol. The predicted molar refractivity (Wildman–Crippen MR) is 47.7 cm³/mol. The molecule has 0 fully saturated rings. The Bertz CT molecular complexity index is 133. The first-order chi connectivity index (χ1) is 5.17. The zero-order valence-corrected chi connectivity index (χ0v) is 8.84. The fourth-order valence-corrected chi connectivity index (χ4v) is 0.318. The van der Waals surface area contributed by atoms with Gasteiger partial charge in [0.25, 0.3) is 0 Å². The molecule has 0 heterocycles. The number of hydrogen-bond acceptors (Lipinski definition) is 3. The zero-order chi connectivity index (χ0) is 9.99. The van der Waals surface area contributed by atoms with E-state index in [1.807, 2.05) is 13.8 Å². The molecule has 0 saturated heterocycles. The molecule has 0 aliphatic rings. The molecule has 1 N–H and O–H groups in total. The highest BCUT2D eigenvalue weighted by Crippen LogP contribution is 2.25. The van der Waals surface area contributed by atoms with Gasteiger partial charge < -0.3 is 5.11 Å². The van der Waals surface area contributed by atoms with E-state index in [0.717, 1.165) is 0 Å². The fraction of sp³-hybridized carbons (Fsp3) is 1.00. The Labute approximate surface area is 74.6 Å². The van der Waals surface area contributed by atoms with Gasteiger partial charge in [0.15, 0.2) is 0 Å². The third-order valence-corrected chi connectivity index (χ3v) is 1.92. The van der Waals surface area contributed by atoms with Crippen molar-refractivity contribution < 1.29 is 14.9 Å². The predicted octanol–water partition coefficient (Wildman–Crippen LogP) is 1.89. The van der Waals surface area contributed by atoms with Crippen molar-refractivity contribution in [2.75, 3.05) is 0 Å². The summed E-state index contributed by atoms with van der Waals surface area (Å²) in [5.74, 6) is 0. The van der Waals surface area contributed by atoms with E-state index in [9.17, 15) is 5.11 Å². The van der Waals surface area contributed by atoms with Crippen LogP contribution in [0.5, 0.6) is 0 Å². The van der Waals surface area contributed by atoms with Gasteiger partial charge in [-0.25, -0.2) is 9.78 Å². The minimum atomic E-state index is -0.915. The van der Waals surface area contributed by atoms with Crippen molar-refractivity contribution in [1.82, 2.24) is 0 Å². The first-order valence-electron chi connectivity index (χ1n) is 4.23. The Hall–Kier alpha value is -0.120. The fourth-order valence-electron chi connectivity index (χ4n) is 0.318. The normalized spacial score (nSPS) is 14.0. The third kappa shape index (κ3) is 3.52. The Morgan fingerprint density at radius 3 is 1.75 bits per heavy atom. The molecule has 0 aromatic carbocycles. The van der Waals surface area contributed by atoms with Crippen LogP contribution in [0.2, 0.25) is 0 Å². The van der Waals surface area contributed by atoms with Gasteiger partial charge >= 0.3 is 0 Å². The summed E-state index contributed by atoms with van der Waals surface area (Å²) < 4.78 is 0. The third-order valence-electron chi connectivity index (χ3n) is 1.92. The maximum absolute atomic E-state index is 9.65. The smallest absolute Gasteiger partial charge is 0.126 e. The molecule has 0 rings (SSSR count). The highest BCUT2D eigenvalue weighted by Gasteiger charge is 2.37. The molecule has 0 aromatic heterocycles. The Balaban J connectivity index is 4.05. The van der Waals surface area contributed by atoms with E-state index in [4.69, 9.17) is 9.78 Å². The molecule has 0 amide bonds. The summed E-state index contributed by atoms with van der Waals surface area (Å²) in [7, 11) is 0. The van der Waals surface area contributed by atoms with Crippen LogP contribution in [-0.2, 0) is 9.78 Å². The summed E-state index contributed by atoms with van der Waals surface area (Å²) in [6, 6.07) is 0. The largest absolute Gasteiger partial charge is 0.387 e. The maximum atomic E-state index is 9.65. The molecule has 0 saturated carbocycles. The van der Waals surface area contributed by atoms with E-state index in [1.54, 1.807) is 27.7 Å². The standard InChI is InChI=1S/C9H20O3/c1-7(2)11-12-9(5,6)8(3,4)10/h7,10H,1-6H3. The lowest BCUT2D eigenvalue weighted by atomic mass is 9.90. The van der Waals surface area contributed by atoms with Crippen LogP contribution in [-0.4, -0.2) is 22.4 Å². The summed E-state index contributed by atoms with van der Waals surface area (Å²) in [4.78, 5) is 10.1. The van der Waals surface area contributed by atoms with Gasteiger partial charge in [-0.1, -0.05) is 0 Å². The second-order valence-electron chi connectivity index (χ2n) is 4.30. The lowest BCUT2D eigenvalue weighted by molar-refractivity contribution is -0.396. The van der Waals surface area contributed by atoms with Gasteiger partial charge in [-0.15, -0.1) is 0 Å². The molecule has 0 aliphatic carbocycles. The highest BCUT2D eigenvalue weighted by molar-refractivity contribution is 4.86. The van der Waals surface area contributed by atoms with Gasteiger partial charge in [0.1, 0.15) is 5.60 Å². The van der Waals surface area contributed by atoms with Crippen molar-refractivity contribution in [2.24, 2.45) is 0 Å². The van der Waals surface area contributed by atoms with E-state index in [1.165, 1.54) is 0 Å². The van der Waals surface area contributed by atoms with Crippen molar-refractivity contribution in [3.63, 3.8) is 0 Å². The second-order valence-corrected chi connectivity index (χ2v) is 4.30. The summed E-state index contributed by atoms with van der Waals surface area (Å²) >= 11 is 0. The summed E-state index contributed by atoms with van der Waals surface area (Å²) in [6.07, 6.45) is 0.00613. The van der Waals surface area contributed by atoms with Gasteiger partial charge in [0, 0.05) is 0 Å². The molecule has 3 heteroatoms. The highest BCUT2D eigenvalue weighted by atomic mass is 17.2. The van der Waals surface area contributed by atoms with Crippen molar-refractivity contribution >= 4 is 0 Å². The molecule has 0 unspecified atom stereocenters. The molecule has 0 bridgehead atoms. The minimum Gasteiger partial charge on any atom is -0.387 e. The van der Waals surface area contributed by atoms with Crippen molar-refractivity contribution in [3.05, 3.63) is 0 Å². The van der Waals surface area contributed by atoms with Gasteiger partial charge in [0.2, 0.25) is 0 Å². The number of aliphatic hydroxyl groups is 1. The van der Waals surface area contributed by atoms with Crippen LogP contribution < -0.4 is 0 Å². The average Bonchev–Trinajstić information content (AvgIpc) is 1.81. The molecular formula is C9H20O3. The quantitative estimate of drug-likeness (QED) is 0.525. The molecule has 3 nitrogen and oxygen atoms in total. The van der Waals surface area contributed by atoms with Crippen LogP contribution in [0.1, 0.15) is 41.5 Å². The summed E-state index contributed by atoms with van der Waals surface area (Å²) in [5, 5.41) is 9.65. The minimum absolute atomic E-state index is 0.00613. The monoisotopic (exact) mass is 176 g/mol. The number of hydrogen-bond donors (Lipinski definition) is 1. The SMILES string of the molecule is CC(C)OOC(C)(C)C(C)(C)O. The molecule has 74 valence electrons. The van der Waals surface area contributed by atoms with Crippen molar-refractivity contribution in [3.8, 4) is 0 Å². The Morgan fingerprint density at radius 2 is 1.50 bits per heavy atom. The van der Waals surface area contributed by atoms with Gasteiger partial charge in [-0.05, 0) is 41.5 Å². The molecule has 0 aliphatic heterocycles. The Morgan fingerprint density at radius 1 is 1.08 bits per heavy atom. The van der Waals surface area contributed by atoms with Crippen LogP contribution >= 0.6 is 0 Å². The topological polar surface area (TPSA) is 38.7 Å². The zero-order valence-electron chi connectivity index (χ0n) is 8.84. The van der Waals surface area contributed by atoms with Crippen LogP contribution in [0.3, 0.4) is 0 Å². The van der Waals surface area contributed by atoms with E-state index in [0.29, 0.717) is 0 Å². The van der Waals surface area contributed by atoms with Crippen LogP contribution in [0.4, 0.5) is 0 Å². The van der Waals surface area contributed by atoms with Crippen LogP contribution in [0.15, 0.2) is 0 Å². The van der Waals surface area contributed by atoms with E-state index >= 15 is 0 Å². The van der Waals surface area contributed by atoms with Gasteiger partial charge in [-0.2, -0.15) is 0 Å². The van der Waals surface area contributed by atoms with E-state index in [2.05, 4.69) is 0 Å². The first-order valence-corrected chi connectivity index (χ1v) is 4.23. The molecule has 12 heavy (non-hydrogen) atoms. The van der Waals surface area contributed by atoms with Gasteiger partial charge in [-0.3, -0.25) is 0 Å². The molecule has 0 spiro atoms. The van der Waals surface area contributed by atoms with Gasteiger partial charge in [0.05, 0.1) is 11.7 Å². The van der Waals surface area contributed by atoms with E-state index < -0.39 is 11.2 Å². The molecule has 0 aromatic rings. The summed E-state index contributed by atoms with van der Waals surface area (Å²) in [6.45, 7) is 10.7. The molecule has 0 atom stereocenters. The first kappa shape index (κ1) is 11.9. The molecule has 0 radical (unpaired) electrons. The van der Waals surface area contributed by atoms with Crippen LogP contribution in [0, 0.1) is 0 Å². The van der Waals surface area contributed by atoms with Crippen molar-refractivity contribution in [1.29, 1.82) is 0 Å². The lowest BCUT2D eigenvalue weighted by Gasteiger charge is -2.35. The summed E-state index contributed by atoms with van der Waals surface area (Å²) in [5.41, 5.74) is -1.61. The van der Waals surface area contributed by atoms with Crippen molar-refractivity contribution in [2.45, 2.75) is 58.8 Å². The Kier molecular flexibility index (Phi) is 3.69. The second kappa shape index (κ2) is 3.73. The van der Waals surface area contributed by atoms with E-state index in [-0.39, 0.29) is 6.10 Å².